The van der Waals surface area contributed by atoms with Crippen molar-refractivity contribution >= 4 is 11.4 Å². The van der Waals surface area contributed by atoms with E-state index in [4.69, 9.17) is 5.73 Å². The van der Waals surface area contributed by atoms with Gasteiger partial charge in [-0.1, -0.05) is 0 Å². The molecule has 0 aromatic heterocycles. The zero-order valence-corrected chi connectivity index (χ0v) is 7.71. The van der Waals surface area contributed by atoms with Crippen LogP contribution in [0.1, 0.15) is 5.56 Å². The number of benzene rings is 1. The van der Waals surface area contributed by atoms with Gasteiger partial charge < -0.3 is 5.73 Å². The predicted octanol–water partition coefficient (Wildman–Crippen LogP) is 2.42. The van der Waals surface area contributed by atoms with Crippen LogP contribution in [0, 0.1) is 15.9 Å². The maximum Gasteiger partial charge on any atom is 0.393 e. The van der Waals surface area contributed by atoms with Crippen LogP contribution in [0.15, 0.2) is 12.1 Å². The number of rotatable bonds is 2. The van der Waals surface area contributed by atoms with Gasteiger partial charge in [-0.15, -0.1) is 0 Å². The quantitative estimate of drug-likeness (QED) is 0.372. The molecule has 0 amide bonds. The molecule has 1 aromatic carbocycles. The second-order valence-electron chi connectivity index (χ2n) is 3.05. The SMILES string of the molecule is Nc1cc(F)c(CC(F)(F)F)cc1[N+](=O)[O-]. The largest absolute Gasteiger partial charge is 0.393 e. The summed E-state index contributed by atoms with van der Waals surface area (Å²) in [5.74, 6) is -1.21. The van der Waals surface area contributed by atoms with Gasteiger partial charge in [0, 0.05) is 17.7 Å². The zero-order valence-electron chi connectivity index (χ0n) is 7.71. The van der Waals surface area contributed by atoms with Crippen molar-refractivity contribution in [1.82, 2.24) is 0 Å². The van der Waals surface area contributed by atoms with Gasteiger partial charge in [-0.2, -0.15) is 13.2 Å². The summed E-state index contributed by atoms with van der Waals surface area (Å²) in [5, 5.41) is 10.4. The highest BCUT2D eigenvalue weighted by molar-refractivity contribution is 5.59. The van der Waals surface area contributed by atoms with Crippen molar-refractivity contribution in [2.24, 2.45) is 0 Å². The Morgan fingerprint density at radius 2 is 1.94 bits per heavy atom. The molecule has 0 spiro atoms. The van der Waals surface area contributed by atoms with Crippen molar-refractivity contribution < 1.29 is 22.5 Å². The van der Waals surface area contributed by atoms with Gasteiger partial charge in [-0.25, -0.2) is 4.39 Å². The predicted molar refractivity (Wildman–Crippen MR) is 47.2 cm³/mol. The third kappa shape index (κ3) is 2.81. The van der Waals surface area contributed by atoms with Crippen LogP contribution in [0.5, 0.6) is 0 Å². The number of alkyl halides is 3. The molecule has 0 aliphatic heterocycles. The summed E-state index contributed by atoms with van der Waals surface area (Å²) in [6.07, 6.45) is -6.20. The number of nitro groups is 1. The number of hydrogen-bond donors (Lipinski definition) is 1. The second kappa shape index (κ2) is 3.95. The topological polar surface area (TPSA) is 69.2 Å². The van der Waals surface area contributed by atoms with E-state index in [9.17, 15) is 27.7 Å². The average molecular weight is 238 g/mol. The summed E-state index contributed by atoms with van der Waals surface area (Å²) in [6.45, 7) is 0. The molecule has 0 bridgehead atoms. The van der Waals surface area contributed by atoms with Crippen LogP contribution >= 0.6 is 0 Å². The molecule has 0 saturated carbocycles. The molecular weight excluding hydrogens is 232 g/mol. The molecular formula is C8H6F4N2O2. The summed E-state index contributed by atoms with van der Waals surface area (Å²) >= 11 is 0. The Labute approximate surface area is 86.8 Å². The van der Waals surface area contributed by atoms with Crippen LogP contribution < -0.4 is 5.73 Å². The number of nitrogens with two attached hydrogens (primary N) is 1. The molecule has 4 nitrogen and oxygen atoms in total. The first kappa shape index (κ1) is 12.2. The molecule has 0 saturated heterocycles. The van der Waals surface area contributed by atoms with E-state index in [-0.39, 0.29) is 0 Å². The molecule has 1 aromatic rings. The van der Waals surface area contributed by atoms with E-state index in [0.717, 1.165) is 0 Å². The maximum absolute atomic E-state index is 13.0. The first-order chi connectivity index (χ1) is 7.20. The van der Waals surface area contributed by atoms with Crippen LogP contribution in [-0.2, 0) is 6.42 Å². The lowest BCUT2D eigenvalue weighted by Crippen LogP contribution is -2.13. The summed E-state index contributed by atoms with van der Waals surface area (Å²) in [6, 6.07) is 1.01. The summed E-state index contributed by atoms with van der Waals surface area (Å²) in [5.41, 5.74) is 3.05. The van der Waals surface area contributed by atoms with E-state index >= 15 is 0 Å². The second-order valence-corrected chi connectivity index (χ2v) is 3.05. The molecule has 1 rings (SSSR count). The summed E-state index contributed by atoms with van der Waals surface area (Å²) in [4.78, 5) is 9.41. The van der Waals surface area contributed by atoms with Gasteiger partial charge in [0.25, 0.3) is 5.69 Å². The Morgan fingerprint density at radius 1 is 1.38 bits per heavy atom. The molecule has 0 fully saturated rings. The normalized spacial score (nSPS) is 11.5. The minimum atomic E-state index is -4.63. The minimum Gasteiger partial charge on any atom is -0.393 e. The molecule has 0 aliphatic rings. The molecule has 0 heterocycles. The van der Waals surface area contributed by atoms with Crippen molar-refractivity contribution in [1.29, 1.82) is 0 Å². The van der Waals surface area contributed by atoms with Gasteiger partial charge in [0.2, 0.25) is 0 Å². The van der Waals surface area contributed by atoms with Crippen molar-refractivity contribution in [2.75, 3.05) is 5.73 Å². The van der Waals surface area contributed by atoms with Crippen molar-refractivity contribution in [3.63, 3.8) is 0 Å². The first-order valence-corrected chi connectivity index (χ1v) is 4.00. The highest BCUT2D eigenvalue weighted by Gasteiger charge is 2.30. The Kier molecular flexibility index (Phi) is 3.02. The van der Waals surface area contributed by atoms with Gasteiger partial charge >= 0.3 is 6.18 Å². The summed E-state index contributed by atoms with van der Waals surface area (Å²) < 4.78 is 49.0. The van der Waals surface area contributed by atoms with E-state index in [1.54, 1.807) is 0 Å². The smallest absolute Gasteiger partial charge is 0.393 e. The van der Waals surface area contributed by atoms with Crippen LogP contribution in [0.4, 0.5) is 28.9 Å². The molecule has 0 aliphatic carbocycles. The van der Waals surface area contributed by atoms with Gasteiger partial charge in [-0.05, 0) is 0 Å². The van der Waals surface area contributed by atoms with Crippen LogP contribution in [0.2, 0.25) is 0 Å². The summed E-state index contributed by atoms with van der Waals surface area (Å²) in [7, 11) is 0. The third-order valence-electron chi connectivity index (χ3n) is 1.78. The number of halogens is 4. The highest BCUT2D eigenvalue weighted by Crippen LogP contribution is 2.29. The van der Waals surface area contributed by atoms with Crippen LogP contribution in [0.25, 0.3) is 0 Å². The molecule has 0 unspecified atom stereocenters. The van der Waals surface area contributed by atoms with E-state index in [2.05, 4.69) is 0 Å². The Hall–Kier alpha value is -1.86. The van der Waals surface area contributed by atoms with E-state index in [1.165, 1.54) is 0 Å². The third-order valence-corrected chi connectivity index (χ3v) is 1.78. The maximum atomic E-state index is 13.0. The standard InChI is InChI=1S/C8H6F4N2O2/c9-5-2-6(13)7(14(15)16)1-4(5)3-8(10,11)12/h1-2H,3,13H2. The molecule has 0 atom stereocenters. The number of nitrogen functional groups attached to an aromatic ring is 1. The number of anilines is 1. The van der Waals surface area contributed by atoms with Crippen molar-refractivity contribution in [3.8, 4) is 0 Å². The molecule has 16 heavy (non-hydrogen) atoms. The lowest BCUT2D eigenvalue weighted by molar-refractivity contribution is -0.384. The molecule has 0 radical (unpaired) electrons. The Bertz CT molecular complexity index is 431. The highest BCUT2D eigenvalue weighted by atomic mass is 19.4. The minimum absolute atomic E-state index is 0.498. The lowest BCUT2D eigenvalue weighted by atomic mass is 10.1. The number of nitrogens with zero attached hydrogens (tertiary/aromatic N) is 1. The number of nitro benzene ring substituents is 1. The fourth-order valence-electron chi connectivity index (χ4n) is 1.13. The van der Waals surface area contributed by atoms with Crippen molar-refractivity contribution in [2.45, 2.75) is 12.6 Å². The molecule has 88 valence electrons. The average Bonchev–Trinajstić information content (AvgIpc) is 2.07. The van der Waals surface area contributed by atoms with Crippen LogP contribution in [0.3, 0.4) is 0 Å². The van der Waals surface area contributed by atoms with E-state index < -0.39 is 40.3 Å². The Morgan fingerprint density at radius 3 is 2.38 bits per heavy atom. The zero-order chi connectivity index (χ0) is 12.5. The van der Waals surface area contributed by atoms with E-state index in [0.29, 0.717) is 12.1 Å². The van der Waals surface area contributed by atoms with Gasteiger partial charge in [0.15, 0.2) is 0 Å². The molecule has 2 N–H and O–H groups in total. The number of hydrogen-bond acceptors (Lipinski definition) is 3. The van der Waals surface area contributed by atoms with E-state index in [1.807, 2.05) is 0 Å². The lowest BCUT2D eigenvalue weighted by Gasteiger charge is -2.08. The first-order valence-electron chi connectivity index (χ1n) is 4.00. The van der Waals surface area contributed by atoms with Gasteiger partial charge in [0.1, 0.15) is 11.5 Å². The van der Waals surface area contributed by atoms with Gasteiger partial charge in [0.05, 0.1) is 11.3 Å². The molecule has 8 heteroatoms. The Balaban J connectivity index is 3.20. The monoisotopic (exact) mass is 238 g/mol. The van der Waals surface area contributed by atoms with Crippen LogP contribution in [-0.4, -0.2) is 11.1 Å². The fourth-order valence-corrected chi connectivity index (χ4v) is 1.13. The van der Waals surface area contributed by atoms with Gasteiger partial charge in [-0.3, -0.25) is 10.1 Å². The fraction of sp³-hybridized carbons (Fsp3) is 0.250. The van der Waals surface area contributed by atoms with Crippen molar-refractivity contribution in [3.05, 3.63) is 33.6 Å².